The van der Waals surface area contributed by atoms with Crippen LogP contribution in [0.4, 0.5) is 17.6 Å². The van der Waals surface area contributed by atoms with Crippen LogP contribution in [0.15, 0.2) is 18.2 Å². The van der Waals surface area contributed by atoms with E-state index in [-0.39, 0.29) is 35.8 Å². The van der Waals surface area contributed by atoms with Crippen LogP contribution in [0.1, 0.15) is 24.0 Å². The third-order valence-corrected chi connectivity index (χ3v) is 5.08. The Morgan fingerprint density at radius 3 is 2.46 bits per heavy atom. The molecule has 0 aromatic heterocycles. The van der Waals surface area contributed by atoms with Gasteiger partial charge >= 0.3 is 6.18 Å². The van der Waals surface area contributed by atoms with Gasteiger partial charge in [0.05, 0.1) is 18.8 Å². The molecule has 7 heteroatoms. The third-order valence-electron chi connectivity index (χ3n) is 5.08. The zero-order valence-corrected chi connectivity index (χ0v) is 13.3. The molecular weight excluding hydrogens is 326 g/mol. The minimum absolute atomic E-state index is 0.112. The van der Waals surface area contributed by atoms with E-state index >= 15 is 0 Å². The minimum Gasteiger partial charge on any atom is -0.378 e. The molecule has 2 heterocycles. The first kappa shape index (κ1) is 17.4. The van der Waals surface area contributed by atoms with Crippen molar-refractivity contribution in [2.45, 2.75) is 37.5 Å². The topological polar surface area (TPSA) is 29.5 Å². The summed E-state index contributed by atoms with van der Waals surface area (Å²) in [6, 6.07) is 2.52. The molecule has 24 heavy (non-hydrogen) atoms. The van der Waals surface area contributed by atoms with E-state index in [1.54, 1.807) is 0 Å². The van der Waals surface area contributed by atoms with Crippen molar-refractivity contribution in [1.29, 1.82) is 0 Å². The Kier molecular flexibility index (Phi) is 4.66. The van der Waals surface area contributed by atoms with Crippen molar-refractivity contribution in [3.05, 3.63) is 35.1 Å². The number of likely N-dealkylation sites (N-methyl/N-ethyl adjacent to an activating group) is 1. The molecular formula is C17H19F4NO2. The first-order valence-corrected chi connectivity index (χ1v) is 7.93. The SMILES string of the molecule is CN1C2COCC1CC(C(=O)Cc1cc(F)ccc1C(F)(F)F)C2. The zero-order valence-electron chi connectivity index (χ0n) is 13.3. The van der Waals surface area contributed by atoms with E-state index < -0.39 is 17.6 Å². The van der Waals surface area contributed by atoms with Crippen LogP contribution in [0.25, 0.3) is 0 Å². The number of ketones is 1. The summed E-state index contributed by atoms with van der Waals surface area (Å²) in [4.78, 5) is 14.7. The highest BCUT2D eigenvalue weighted by Crippen LogP contribution is 2.35. The Morgan fingerprint density at radius 1 is 1.25 bits per heavy atom. The van der Waals surface area contributed by atoms with Gasteiger partial charge in [0.25, 0.3) is 0 Å². The highest BCUT2D eigenvalue weighted by Gasteiger charge is 2.40. The molecule has 3 nitrogen and oxygen atoms in total. The molecule has 2 atom stereocenters. The molecule has 2 aliphatic rings. The molecule has 2 fully saturated rings. The summed E-state index contributed by atoms with van der Waals surface area (Å²) >= 11 is 0. The van der Waals surface area contributed by atoms with Gasteiger partial charge < -0.3 is 4.74 Å². The molecule has 0 spiro atoms. The number of alkyl halides is 3. The molecule has 3 rings (SSSR count). The maximum Gasteiger partial charge on any atom is 0.416 e. The summed E-state index contributed by atoms with van der Waals surface area (Å²) in [6.45, 7) is 1.06. The number of hydrogen-bond donors (Lipinski definition) is 0. The largest absolute Gasteiger partial charge is 0.416 e. The predicted molar refractivity (Wildman–Crippen MR) is 79.0 cm³/mol. The van der Waals surface area contributed by atoms with Gasteiger partial charge in [-0.05, 0) is 43.7 Å². The fraction of sp³-hybridized carbons (Fsp3) is 0.588. The number of morpholine rings is 1. The predicted octanol–water partition coefficient (Wildman–Crippen LogP) is 3.07. The summed E-state index contributed by atoms with van der Waals surface area (Å²) in [5.74, 6) is -1.32. The normalized spacial score (nSPS) is 28.0. The van der Waals surface area contributed by atoms with Gasteiger partial charge in [-0.2, -0.15) is 13.2 Å². The van der Waals surface area contributed by atoms with E-state index in [2.05, 4.69) is 4.90 Å². The standard InChI is InChI=1S/C17H19F4NO2/c1-22-13-5-11(6-14(22)9-24-8-13)16(23)7-10-4-12(18)2-3-15(10)17(19,20)21/h2-4,11,13-14H,5-9H2,1H3. The van der Waals surface area contributed by atoms with E-state index in [0.29, 0.717) is 32.1 Å². The van der Waals surface area contributed by atoms with Gasteiger partial charge in [0.15, 0.2) is 0 Å². The van der Waals surface area contributed by atoms with Gasteiger partial charge in [-0.15, -0.1) is 0 Å². The van der Waals surface area contributed by atoms with Crippen molar-refractivity contribution in [2.75, 3.05) is 20.3 Å². The van der Waals surface area contributed by atoms with E-state index in [9.17, 15) is 22.4 Å². The smallest absolute Gasteiger partial charge is 0.378 e. The van der Waals surface area contributed by atoms with E-state index in [1.165, 1.54) is 0 Å². The second kappa shape index (κ2) is 6.44. The molecule has 1 aromatic carbocycles. The second-order valence-electron chi connectivity index (χ2n) is 6.62. The lowest BCUT2D eigenvalue weighted by atomic mass is 9.81. The van der Waals surface area contributed by atoms with Gasteiger partial charge in [0.2, 0.25) is 0 Å². The molecule has 0 aliphatic carbocycles. The molecule has 0 amide bonds. The maximum absolute atomic E-state index is 13.4. The van der Waals surface area contributed by atoms with E-state index in [4.69, 9.17) is 4.74 Å². The Balaban J connectivity index is 1.77. The number of carbonyl (C=O) groups excluding carboxylic acids is 1. The lowest BCUT2D eigenvalue weighted by Crippen LogP contribution is -2.56. The van der Waals surface area contributed by atoms with Crippen LogP contribution in [0.5, 0.6) is 0 Å². The molecule has 0 radical (unpaired) electrons. The third kappa shape index (κ3) is 3.47. The van der Waals surface area contributed by atoms with Crippen molar-refractivity contribution < 1.29 is 27.1 Å². The Morgan fingerprint density at radius 2 is 1.88 bits per heavy atom. The summed E-state index contributed by atoms with van der Waals surface area (Å²) in [6.07, 6.45) is -3.84. The fourth-order valence-corrected chi connectivity index (χ4v) is 3.68. The van der Waals surface area contributed by atoms with Crippen LogP contribution >= 0.6 is 0 Å². The molecule has 0 N–H and O–H groups in total. The fourth-order valence-electron chi connectivity index (χ4n) is 3.68. The van der Waals surface area contributed by atoms with Gasteiger partial charge in [-0.1, -0.05) is 0 Å². The molecule has 132 valence electrons. The van der Waals surface area contributed by atoms with Crippen molar-refractivity contribution in [3.8, 4) is 0 Å². The maximum atomic E-state index is 13.4. The van der Waals surface area contributed by atoms with Gasteiger partial charge in [0, 0.05) is 24.4 Å². The highest BCUT2D eigenvalue weighted by atomic mass is 19.4. The number of rotatable bonds is 3. The van der Waals surface area contributed by atoms with Crippen molar-refractivity contribution in [3.63, 3.8) is 0 Å². The molecule has 1 aromatic rings. The molecule has 2 unspecified atom stereocenters. The lowest BCUT2D eigenvalue weighted by Gasteiger charge is -2.46. The van der Waals surface area contributed by atoms with Gasteiger partial charge in [-0.3, -0.25) is 9.69 Å². The van der Waals surface area contributed by atoms with E-state index in [0.717, 1.165) is 12.1 Å². The monoisotopic (exact) mass is 345 g/mol. The Hall–Kier alpha value is -1.47. The first-order valence-electron chi connectivity index (χ1n) is 7.93. The van der Waals surface area contributed by atoms with Crippen LogP contribution in [0.2, 0.25) is 0 Å². The number of nitrogens with zero attached hydrogens (tertiary/aromatic N) is 1. The Labute approximate surface area is 137 Å². The van der Waals surface area contributed by atoms with Gasteiger partial charge in [-0.25, -0.2) is 4.39 Å². The van der Waals surface area contributed by atoms with Gasteiger partial charge in [0.1, 0.15) is 11.6 Å². The second-order valence-corrected chi connectivity index (χ2v) is 6.62. The molecule has 2 aliphatic heterocycles. The first-order chi connectivity index (χ1) is 11.3. The average molecular weight is 345 g/mol. The van der Waals surface area contributed by atoms with Crippen LogP contribution in [0.3, 0.4) is 0 Å². The number of Topliss-reactive ketones (excluding diaryl/α,β-unsaturated/α-hetero) is 1. The lowest BCUT2D eigenvalue weighted by molar-refractivity contribution is -0.138. The highest BCUT2D eigenvalue weighted by molar-refractivity contribution is 5.84. The number of benzene rings is 1. The summed E-state index contributed by atoms with van der Waals surface area (Å²) in [7, 11) is 1.98. The van der Waals surface area contributed by atoms with Crippen molar-refractivity contribution in [2.24, 2.45) is 5.92 Å². The zero-order chi connectivity index (χ0) is 17.5. The van der Waals surface area contributed by atoms with Crippen LogP contribution in [-0.4, -0.2) is 43.0 Å². The van der Waals surface area contributed by atoms with E-state index in [1.807, 2.05) is 7.05 Å². The van der Waals surface area contributed by atoms with Crippen LogP contribution < -0.4 is 0 Å². The average Bonchev–Trinajstić information content (AvgIpc) is 2.45. The number of ether oxygens (including phenoxy) is 1. The number of halogens is 4. The summed E-state index contributed by atoms with van der Waals surface area (Å²) in [5.41, 5.74) is -1.22. The molecule has 0 saturated carbocycles. The van der Waals surface area contributed by atoms with Crippen LogP contribution in [-0.2, 0) is 22.1 Å². The quantitative estimate of drug-likeness (QED) is 0.789. The minimum atomic E-state index is -4.60. The Bertz CT molecular complexity index is 618. The molecule has 2 saturated heterocycles. The summed E-state index contributed by atoms with van der Waals surface area (Å²) in [5, 5.41) is 0. The molecule has 2 bridgehead atoms. The number of fused-ring (bicyclic) bond motifs is 2. The summed E-state index contributed by atoms with van der Waals surface area (Å²) < 4.78 is 58.0. The number of carbonyl (C=O) groups is 1. The number of piperidine rings is 1. The van der Waals surface area contributed by atoms with Crippen LogP contribution in [0, 0.1) is 11.7 Å². The number of hydrogen-bond acceptors (Lipinski definition) is 3. The van der Waals surface area contributed by atoms with Crippen molar-refractivity contribution >= 4 is 5.78 Å². The van der Waals surface area contributed by atoms with Crippen molar-refractivity contribution in [1.82, 2.24) is 4.90 Å².